The van der Waals surface area contributed by atoms with Crippen LogP contribution in [0.1, 0.15) is 59.9 Å². The molecule has 0 saturated heterocycles. The zero-order valence-corrected chi connectivity index (χ0v) is 25.6. The Morgan fingerprint density at radius 2 is 1.57 bits per heavy atom. The highest BCUT2D eigenvalue weighted by Gasteiger charge is 2.32. The van der Waals surface area contributed by atoms with Gasteiger partial charge in [-0.15, -0.1) is 11.8 Å². The topological polar surface area (TPSA) is 49.4 Å². The van der Waals surface area contributed by atoms with Crippen molar-refractivity contribution in [3.8, 4) is 0 Å². The standard InChI is InChI=1S/C33H38Cl2N2O2S/c1-23-15-24(2)17-27(16-23)21-40-22-32(38)37(20-26-13-14-29(34)30(35)18-26)31(19-25-9-5-3-6-10-25)33(39)36-28-11-7-4-8-12-28/h3,5-6,9-10,13-18,28,31H,4,7-8,11-12,19-22H2,1-2H3,(H,36,39). The summed E-state index contributed by atoms with van der Waals surface area (Å²) in [6.45, 7) is 4.45. The fraction of sp³-hybridized carbons (Fsp3) is 0.394. The minimum absolute atomic E-state index is 0.0693. The van der Waals surface area contributed by atoms with Gasteiger partial charge >= 0.3 is 0 Å². The second-order valence-corrected chi connectivity index (χ2v) is 12.6. The predicted octanol–water partition coefficient (Wildman–Crippen LogP) is 7.93. The molecule has 0 bridgehead atoms. The van der Waals surface area contributed by atoms with E-state index in [1.165, 1.54) is 23.1 Å². The van der Waals surface area contributed by atoms with E-state index in [9.17, 15) is 9.59 Å². The van der Waals surface area contributed by atoms with Crippen LogP contribution < -0.4 is 5.32 Å². The molecule has 1 aliphatic rings. The molecule has 1 N–H and O–H groups in total. The Morgan fingerprint density at radius 1 is 0.875 bits per heavy atom. The Morgan fingerprint density at radius 3 is 2.25 bits per heavy atom. The monoisotopic (exact) mass is 596 g/mol. The van der Waals surface area contributed by atoms with Gasteiger partial charge in [0.1, 0.15) is 6.04 Å². The molecule has 1 fully saturated rings. The summed E-state index contributed by atoms with van der Waals surface area (Å²) >= 11 is 14.1. The first-order valence-electron chi connectivity index (χ1n) is 14.0. The summed E-state index contributed by atoms with van der Waals surface area (Å²) in [5.74, 6) is 0.839. The van der Waals surface area contributed by atoms with Crippen LogP contribution in [0.15, 0.2) is 66.7 Å². The number of carbonyl (C=O) groups excluding carboxylic acids is 2. The minimum Gasteiger partial charge on any atom is -0.352 e. The smallest absolute Gasteiger partial charge is 0.243 e. The Hall–Kier alpha value is -2.47. The van der Waals surface area contributed by atoms with Crippen molar-refractivity contribution < 1.29 is 9.59 Å². The molecule has 212 valence electrons. The lowest BCUT2D eigenvalue weighted by molar-refractivity contribution is -0.139. The molecular formula is C33H38Cl2N2O2S. The van der Waals surface area contributed by atoms with E-state index < -0.39 is 6.04 Å². The first-order chi connectivity index (χ1) is 19.3. The van der Waals surface area contributed by atoms with Crippen LogP contribution >= 0.6 is 35.0 Å². The molecule has 0 radical (unpaired) electrons. The lowest BCUT2D eigenvalue weighted by atomic mass is 9.94. The molecule has 0 aliphatic heterocycles. The maximum absolute atomic E-state index is 13.9. The van der Waals surface area contributed by atoms with Gasteiger partial charge in [0.25, 0.3) is 0 Å². The summed E-state index contributed by atoms with van der Waals surface area (Å²) in [4.78, 5) is 29.5. The van der Waals surface area contributed by atoms with E-state index in [1.54, 1.807) is 28.8 Å². The number of halogens is 2. The second-order valence-electron chi connectivity index (χ2n) is 10.8. The van der Waals surface area contributed by atoms with Gasteiger partial charge in [-0.25, -0.2) is 0 Å². The van der Waals surface area contributed by atoms with Crippen molar-refractivity contribution in [2.75, 3.05) is 5.75 Å². The quantitative estimate of drug-likeness (QED) is 0.244. The van der Waals surface area contributed by atoms with Crippen LogP contribution in [-0.4, -0.2) is 34.6 Å². The molecule has 1 saturated carbocycles. The van der Waals surface area contributed by atoms with Crippen LogP contribution in [0.3, 0.4) is 0 Å². The molecule has 40 heavy (non-hydrogen) atoms. The van der Waals surface area contributed by atoms with Crippen molar-refractivity contribution in [3.63, 3.8) is 0 Å². The third-order valence-electron chi connectivity index (χ3n) is 7.34. The average Bonchev–Trinajstić information content (AvgIpc) is 2.93. The Balaban J connectivity index is 1.58. The number of rotatable bonds is 11. The van der Waals surface area contributed by atoms with E-state index in [0.29, 0.717) is 16.5 Å². The maximum atomic E-state index is 13.9. The van der Waals surface area contributed by atoms with Crippen molar-refractivity contribution in [3.05, 3.63) is 105 Å². The molecule has 0 aromatic heterocycles. The molecule has 2 amide bonds. The van der Waals surface area contributed by atoms with Crippen LogP contribution in [0.5, 0.6) is 0 Å². The van der Waals surface area contributed by atoms with Gasteiger partial charge in [-0.3, -0.25) is 9.59 Å². The Labute approximate surface area is 252 Å². The highest BCUT2D eigenvalue weighted by atomic mass is 35.5. The molecule has 3 aromatic carbocycles. The van der Waals surface area contributed by atoms with Crippen LogP contribution in [0.2, 0.25) is 10.0 Å². The fourth-order valence-corrected chi connectivity index (χ4v) is 6.59. The first kappa shape index (κ1) is 30.5. The van der Waals surface area contributed by atoms with Crippen LogP contribution in [-0.2, 0) is 28.3 Å². The second kappa shape index (κ2) is 15.0. The largest absolute Gasteiger partial charge is 0.352 e. The zero-order valence-electron chi connectivity index (χ0n) is 23.3. The molecule has 7 heteroatoms. The highest BCUT2D eigenvalue weighted by molar-refractivity contribution is 7.99. The number of thioether (sulfide) groups is 1. The van der Waals surface area contributed by atoms with Crippen LogP contribution in [0, 0.1) is 13.8 Å². The predicted molar refractivity (Wildman–Crippen MR) is 168 cm³/mol. The maximum Gasteiger partial charge on any atom is 0.243 e. The molecule has 3 aromatic rings. The van der Waals surface area contributed by atoms with E-state index in [4.69, 9.17) is 23.2 Å². The van der Waals surface area contributed by atoms with Gasteiger partial charge in [0.2, 0.25) is 11.8 Å². The van der Waals surface area contributed by atoms with Crippen molar-refractivity contribution >= 4 is 46.8 Å². The van der Waals surface area contributed by atoms with Crippen LogP contribution in [0.4, 0.5) is 0 Å². The molecule has 1 unspecified atom stereocenters. The average molecular weight is 598 g/mol. The van der Waals surface area contributed by atoms with Gasteiger partial charge in [-0.2, -0.15) is 0 Å². The number of aryl methyl sites for hydroxylation is 2. The van der Waals surface area contributed by atoms with Gasteiger partial charge in [-0.05, 0) is 55.5 Å². The molecule has 0 spiro atoms. The van der Waals surface area contributed by atoms with Gasteiger partial charge in [-0.1, -0.05) is 108 Å². The first-order valence-corrected chi connectivity index (χ1v) is 15.9. The lowest BCUT2D eigenvalue weighted by Gasteiger charge is -2.33. The number of hydrogen-bond acceptors (Lipinski definition) is 3. The normalized spacial score (nSPS) is 14.5. The number of amides is 2. The van der Waals surface area contributed by atoms with Crippen molar-refractivity contribution in [1.29, 1.82) is 0 Å². The SMILES string of the molecule is Cc1cc(C)cc(CSCC(=O)N(Cc2ccc(Cl)c(Cl)c2)C(Cc2ccccc2)C(=O)NC2CCCCC2)c1. The van der Waals surface area contributed by atoms with Gasteiger partial charge in [0.15, 0.2) is 0 Å². The molecule has 0 heterocycles. The van der Waals surface area contributed by atoms with Crippen molar-refractivity contribution in [1.82, 2.24) is 10.2 Å². The minimum atomic E-state index is -0.645. The number of carbonyl (C=O) groups is 2. The summed E-state index contributed by atoms with van der Waals surface area (Å²) in [6.07, 6.45) is 5.85. The number of nitrogens with zero attached hydrogens (tertiary/aromatic N) is 1. The van der Waals surface area contributed by atoms with Gasteiger partial charge < -0.3 is 10.2 Å². The van der Waals surface area contributed by atoms with Crippen molar-refractivity contribution in [2.24, 2.45) is 0 Å². The van der Waals surface area contributed by atoms with Gasteiger partial charge in [0.05, 0.1) is 15.8 Å². The summed E-state index contributed by atoms with van der Waals surface area (Å²) in [7, 11) is 0. The third kappa shape index (κ3) is 9.02. The summed E-state index contributed by atoms with van der Waals surface area (Å²) in [5, 5.41) is 4.18. The zero-order chi connectivity index (χ0) is 28.5. The molecule has 4 nitrogen and oxygen atoms in total. The third-order valence-corrected chi connectivity index (χ3v) is 9.06. The molecule has 4 rings (SSSR count). The summed E-state index contributed by atoms with van der Waals surface area (Å²) < 4.78 is 0. The van der Waals surface area contributed by atoms with Gasteiger partial charge in [0, 0.05) is 24.8 Å². The summed E-state index contributed by atoms with van der Waals surface area (Å²) in [6, 6.07) is 21.3. The van der Waals surface area contributed by atoms with Crippen molar-refractivity contribution in [2.45, 2.75) is 76.8 Å². The number of benzene rings is 3. The molecular weight excluding hydrogens is 559 g/mol. The fourth-order valence-electron chi connectivity index (χ4n) is 5.42. The summed E-state index contributed by atoms with van der Waals surface area (Å²) in [5.41, 5.74) is 5.48. The van der Waals surface area contributed by atoms with E-state index in [0.717, 1.165) is 42.6 Å². The van der Waals surface area contributed by atoms with E-state index in [-0.39, 0.29) is 30.2 Å². The van der Waals surface area contributed by atoms with E-state index >= 15 is 0 Å². The number of hydrogen-bond donors (Lipinski definition) is 1. The van der Waals surface area contributed by atoms with E-state index in [2.05, 4.69) is 37.4 Å². The van der Waals surface area contributed by atoms with E-state index in [1.807, 2.05) is 36.4 Å². The number of nitrogens with one attached hydrogen (secondary N) is 1. The molecule has 1 aliphatic carbocycles. The van der Waals surface area contributed by atoms with Crippen LogP contribution in [0.25, 0.3) is 0 Å². The Kier molecular flexibility index (Phi) is 11.4. The Bertz CT molecular complexity index is 1270. The lowest BCUT2D eigenvalue weighted by Crippen LogP contribution is -2.53. The molecule has 1 atom stereocenters. The highest BCUT2D eigenvalue weighted by Crippen LogP contribution is 2.26.